The Morgan fingerprint density at radius 1 is 1.35 bits per heavy atom. The molecule has 14 heteroatoms. The maximum Gasteiger partial charge on any atom is 0.381 e. The van der Waals surface area contributed by atoms with Crippen molar-refractivity contribution in [1.82, 2.24) is 10.2 Å². The van der Waals surface area contributed by atoms with Gasteiger partial charge in [-0.15, -0.1) is 10.2 Å². The van der Waals surface area contributed by atoms with E-state index in [-0.39, 0.29) is 35.5 Å². The largest absolute Gasteiger partial charge is 0.488 e. The first kappa shape index (κ1) is 23.9. The van der Waals surface area contributed by atoms with Gasteiger partial charge in [0.05, 0.1) is 19.4 Å². The highest BCUT2D eigenvalue weighted by Gasteiger charge is 2.18. The lowest BCUT2D eigenvalue weighted by Gasteiger charge is -2.11. The van der Waals surface area contributed by atoms with Crippen LogP contribution in [0.3, 0.4) is 0 Å². The lowest BCUT2D eigenvalue weighted by Crippen LogP contribution is -2.19. The van der Waals surface area contributed by atoms with E-state index in [1.54, 1.807) is 6.92 Å². The number of amides is 1. The lowest BCUT2D eigenvalue weighted by molar-refractivity contribution is 0.0215. The standard InChI is InChI=1S/C17H20F2N6O5S/c1-9(3-4-20)22-16-24-25-17(31-16)23-14(26)11-7-10(13(28-2)15(27)30-11)21-5-6-29-8-12(18)19/h3-4,7,12,20-21H,5-6,8H2,1-2H3,(H,22,24)(H,23,25,26)/b9-3-,20-4?. The van der Waals surface area contributed by atoms with Crippen LogP contribution in [0.2, 0.25) is 0 Å². The summed E-state index contributed by atoms with van der Waals surface area (Å²) in [6.07, 6.45) is 0.0353. The van der Waals surface area contributed by atoms with Crippen LogP contribution >= 0.6 is 11.3 Å². The van der Waals surface area contributed by atoms with Gasteiger partial charge in [-0.05, 0) is 13.0 Å². The lowest BCUT2D eigenvalue weighted by atomic mass is 10.3. The van der Waals surface area contributed by atoms with Crippen molar-refractivity contribution in [3.63, 3.8) is 0 Å². The summed E-state index contributed by atoms with van der Waals surface area (Å²) in [7, 11) is 1.25. The monoisotopic (exact) mass is 458 g/mol. The number of ether oxygens (including phenoxy) is 2. The van der Waals surface area contributed by atoms with E-state index >= 15 is 0 Å². The van der Waals surface area contributed by atoms with Crippen LogP contribution in [0.15, 0.2) is 27.1 Å². The van der Waals surface area contributed by atoms with Gasteiger partial charge in [0.1, 0.15) is 6.61 Å². The Bertz CT molecular complexity index is 994. The first-order valence-corrected chi connectivity index (χ1v) is 9.56. The number of nitrogens with one attached hydrogen (secondary N) is 4. The predicted octanol–water partition coefficient (Wildman–Crippen LogP) is 2.41. The molecule has 4 N–H and O–H groups in total. The summed E-state index contributed by atoms with van der Waals surface area (Å²) in [5.74, 6) is -1.26. The molecule has 2 rings (SSSR count). The molecule has 31 heavy (non-hydrogen) atoms. The number of aromatic nitrogens is 2. The normalized spacial score (nSPS) is 11.3. The van der Waals surface area contributed by atoms with Crippen LogP contribution in [0.1, 0.15) is 17.5 Å². The van der Waals surface area contributed by atoms with Crippen LogP contribution < -0.4 is 26.3 Å². The van der Waals surface area contributed by atoms with Gasteiger partial charge in [0, 0.05) is 24.5 Å². The van der Waals surface area contributed by atoms with Gasteiger partial charge in [-0.1, -0.05) is 11.3 Å². The van der Waals surface area contributed by atoms with E-state index in [0.717, 1.165) is 17.6 Å². The number of carbonyl (C=O) groups is 1. The van der Waals surface area contributed by atoms with Gasteiger partial charge >= 0.3 is 5.63 Å². The van der Waals surface area contributed by atoms with Gasteiger partial charge in [0.15, 0.2) is 5.76 Å². The van der Waals surface area contributed by atoms with Crippen LogP contribution in [-0.4, -0.2) is 55.6 Å². The molecule has 0 bridgehead atoms. The van der Waals surface area contributed by atoms with Crippen molar-refractivity contribution in [2.45, 2.75) is 13.3 Å². The molecule has 0 saturated heterocycles. The number of rotatable bonds is 12. The fourth-order valence-corrected chi connectivity index (χ4v) is 2.87. The summed E-state index contributed by atoms with van der Waals surface area (Å²) in [6, 6.07) is 1.24. The van der Waals surface area contributed by atoms with E-state index in [4.69, 9.17) is 19.3 Å². The minimum Gasteiger partial charge on any atom is -0.488 e. The second kappa shape index (κ2) is 11.7. The molecule has 168 valence electrons. The molecule has 0 aromatic carbocycles. The van der Waals surface area contributed by atoms with E-state index < -0.39 is 24.6 Å². The summed E-state index contributed by atoms with van der Waals surface area (Å²) in [4.78, 5) is 24.6. The summed E-state index contributed by atoms with van der Waals surface area (Å²) in [5, 5.41) is 23.3. The maximum absolute atomic E-state index is 12.5. The number of hydrogen-bond acceptors (Lipinski definition) is 11. The molecule has 0 fully saturated rings. The highest BCUT2D eigenvalue weighted by atomic mass is 32.1. The number of hydrogen-bond donors (Lipinski definition) is 4. The van der Waals surface area contributed by atoms with E-state index in [9.17, 15) is 18.4 Å². The second-order valence-electron chi connectivity index (χ2n) is 5.75. The average molecular weight is 458 g/mol. The van der Waals surface area contributed by atoms with Gasteiger partial charge in [0.25, 0.3) is 12.3 Å². The Labute approximate surface area is 179 Å². The Hall–Kier alpha value is -3.39. The summed E-state index contributed by atoms with van der Waals surface area (Å²) in [6.45, 7) is 1.05. The van der Waals surface area contributed by atoms with Gasteiger partial charge < -0.3 is 29.9 Å². The molecule has 0 atom stereocenters. The third-order valence-corrected chi connectivity index (χ3v) is 4.18. The average Bonchev–Trinajstić information content (AvgIpc) is 3.13. The molecule has 0 aliphatic rings. The molecule has 0 aliphatic carbocycles. The number of alkyl halides is 2. The number of allylic oxidation sites excluding steroid dienone is 2. The molecule has 0 saturated carbocycles. The molecule has 2 aromatic rings. The van der Waals surface area contributed by atoms with Crippen LogP contribution in [0.25, 0.3) is 0 Å². The first-order chi connectivity index (χ1) is 14.8. The zero-order valence-corrected chi connectivity index (χ0v) is 17.3. The Kier molecular flexibility index (Phi) is 9.02. The fourth-order valence-electron chi connectivity index (χ4n) is 2.17. The fraction of sp³-hybridized carbons (Fsp3) is 0.353. The van der Waals surface area contributed by atoms with Crippen molar-refractivity contribution >= 4 is 39.4 Å². The zero-order chi connectivity index (χ0) is 22.8. The van der Waals surface area contributed by atoms with Crippen LogP contribution in [0.4, 0.5) is 24.7 Å². The Balaban J connectivity index is 2.07. The minimum atomic E-state index is -2.58. The highest BCUT2D eigenvalue weighted by Crippen LogP contribution is 2.24. The van der Waals surface area contributed by atoms with Gasteiger partial charge in [-0.3, -0.25) is 10.1 Å². The van der Waals surface area contributed by atoms with E-state index in [1.165, 1.54) is 19.3 Å². The van der Waals surface area contributed by atoms with Crippen LogP contribution in [0.5, 0.6) is 5.75 Å². The smallest absolute Gasteiger partial charge is 0.381 e. The topological polar surface area (TPSA) is 151 Å². The quantitative estimate of drug-likeness (QED) is 0.277. The van der Waals surface area contributed by atoms with Gasteiger partial charge in [-0.25, -0.2) is 13.6 Å². The highest BCUT2D eigenvalue weighted by molar-refractivity contribution is 7.19. The molecular formula is C17H20F2N6O5S. The second-order valence-corrected chi connectivity index (χ2v) is 6.72. The molecule has 0 unspecified atom stereocenters. The van der Waals surface area contributed by atoms with Crippen LogP contribution in [0, 0.1) is 5.41 Å². The predicted molar refractivity (Wildman–Crippen MR) is 111 cm³/mol. The number of methoxy groups -OCH3 is 1. The van der Waals surface area contributed by atoms with Crippen molar-refractivity contribution in [3.05, 3.63) is 34.0 Å². The molecule has 0 radical (unpaired) electrons. The Morgan fingerprint density at radius 3 is 2.71 bits per heavy atom. The zero-order valence-electron chi connectivity index (χ0n) is 16.5. The van der Waals surface area contributed by atoms with Crippen molar-refractivity contribution < 1.29 is 27.5 Å². The number of anilines is 3. The van der Waals surface area contributed by atoms with E-state index in [0.29, 0.717) is 10.8 Å². The SMILES string of the molecule is COc1c(NCCOCC(F)F)cc(C(=O)Nc2nnc(N/C(C)=C\C=N)s2)oc1=O. The number of carbonyl (C=O) groups excluding carboxylic acids is 1. The molecule has 0 aliphatic heterocycles. The number of nitrogens with zero attached hydrogens (tertiary/aromatic N) is 2. The summed E-state index contributed by atoms with van der Waals surface area (Å²) < 4.78 is 38.9. The molecule has 1 amide bonds. The van der Waals surface area contributed by atoms with Crippen molar-refractivity contribution in [2.24, 2.45) is 0 Å². The summed E-state index contributed by atoms with van der Waals surface area (Å²) >= 11 is 1.03. The molecule has 2 aromatic heterocycles. The van der Waals surface area contributed by atoms with E-state index in [1.807, 2.05) is 0 Å². The van der Waals surface area contributed by atoms with Crippen molar-refractivity contribution in [3.8, 4) is 5.75 Å². The molecular weight excluding hydrogens is 438 g/mol. The van der Waals surface area contributed by atoms with Crippen molar-refractivity contribution in [2.75, 3.05) is 42.8 Å². The first-order valence-electron chi connectivity index (χ1n) is 8.75. The van der Waals surface area contributed by atoms with Crippen molar-refractivity contribution in [1.29, 1.82) is 5.41 Å². The molecule has 0 spiro atoms. The minimum absolute atomic E-state index is 0.0539. The van der Waals surface area contributed by atoms with Crippen LogP contribution in [-0.2, 0) is 4.74 Å². The summed E-state index contributed by atoms with van der Waals surface area (Å²) in [5.41, 5.74) is -0.117. The third-order valence-electron chi connectivity index (χ3n) is 3.42. The molecule has 11 nitrogen and oxygen atoms in total. The third kappa shape index (κ3) is 7.42. The molecule has 2 heterocycles. The van der Waals surface area contributed by atoms with Gasteiger partial charge in [-0.2, -0.15) is 0 Å². The number of halogens is 2. The van der Waals surface area contributed by atoms with E-state index in [2.05, 4.69) is 26.1 Å². The van der Waals surface area contributed by atoms with Gasteiger partial charge in [0.2, 0.25) is 16.0 Å². The Morgan fingerprint density at radius 2 is 2.06 bits per heavy atom. The maximum atomic E-state index is 12.5.